The van der Waals surface area contributed by atoms with E-state index in [0.29, 0.717) is 0 Å². The maximum absolute atomic E-state index is 12.5. The van der Waals surface area contributed by atoms with Gasteiger partial charge in [0.2, 0.25) is 0 Å². The molecule has 1 heterocycles. The Kier molecular flexibility index (Phi) is 4.46. The summed E-state index contributed by atoms with van der Waals surface area (Å²) in [6.07, 6.45) is 2.00. The van der Waals surface area contributed by atoms with Gasteiger partial charge in [0.15, 0.2) is 0 Å². The normalized spacial score (nSPS) is 12.2. The molecule has 0 radical (unpaired) electrons. The van der Waals surface area contributed by atoms with E-state index in [1.54, 1.807) is 0 Å². The van der Waals surface area contributed by atoms with Crippen molar-refractivity contribution in [2.75, 3.05) is 0 Å². The van der Waals surface area contributed by atoms with Gasteiger partial charge >= 0.3 is 0 Å². The largest absolute Gasteiger partial charge is 0.345 e. The van der Waals surface area contributed by atoms with Crippen LogP contribution in [0.2, 0.25) is 0 Å². The first-order valence-corrected chi connectivity index (χ1v) is 7.34. The van der Waals surface area contributed by atoms with Crippen LogP contribution in [0, 0.1) is 20.8 Å². The lowest BCUT2D eigenvalue weighted by Crippen LogP contribution is -2.27. The molecule has 1 amide bonds. The summed E-state index contributed by atoms with van der Waals surface area (Å²) in [6, 6.07) is 5.87. The van der Waals surface area contributed by atoms with Crippen LogP contribution in [0.25, 0.3) is 0 Å². The summed E-state index contributed by atoms with van der Waals surface area (Å²) in [4.78, 5) is 12.5. The van der Waals surface area contributed by atoms with Crippen LogP contribution in [-0.4, -0.2) is 15.7 Å². The van der Waals surface area contributed by atoms with E-state index in [4.69, 9.17) is 0 Å². The molecule has 1 N–H and O–H groups in total. The van der Waals surface area contributed by atoms with Gasteiger partial charge in [-0.15, -0.1) is 0 Å². The Bertz CT molecular complexity index is 658. The first kappa shape index (κ1) is 15.3. The molecule has 0 aliphatic heterocycles. The molecule has 0 bridgehead atoms. The second-order valence-electron chi connectivity index (χ2n) is 5.54. The summed E-state index contributed by atoms with van der Waals surface area (Å²) in [5.74, 6) is -0.0349. The third-order valence-electron chi connectivity index (χ3n) is 3.76. The second-order valence-corrected chi connectivity index (χ2v) is 5.54. The number of hydrogen-bond donors (Lipinski definition) is 1. The smallest absolute Gasteiger partial charge is 0.252 e. The van der Waals surface area contributed by atoms with Gasteiger partial charge in [-0.1, -0.05) is 17.7 Å². The van der Waals surface area contributed by atoms with Crippen LogP contribution >= 0.6 is 0 Å². The first-order chi connectivity index (χ1) is 9.92. The predicted molar refractivity (Wildman–Crippen MR) is 84.4 cm³/mol. The zero-order valence-corrected chi connectivity index (χ0v) is 13.4. The molecule has 0 saturated heterocycles. The van der Waals surface area contributed by atoms with Crippen LogP contribution in [0.5, 0.6) is 0 Å². The Morgan fingerprint density at radius 1 is 1.33 bits per heavy atom. The quantitative estimate of drug-likeness (QED) is 0.936. The number of carbonyl (C=O) groups excluding carboxylic acids is 1. The highest BCUT2D eigenvalue weighted by molar-refractivity contribution is 5.96. The minimum absolute atomic E-state index is 0.0349. The molecule has 1 aromatic heterocycles. The molecule has 1 atom stereocenters. The average molecular weight is 285 g/mol. The highest BCUT2D eigenvalue weighted by atomic mass is 16.1. The Hall–Kier alpha value is -2.10. The van der Waals surface area contributed by atoms with E-state index in [0.717, 1.165) is 34.5 Å². The fourth-order valence-electron chi connectivity index (χ4n) is 2.45. The summed E-state index contributed by atoms with van der Waals surface area (Å²) >= 11 is 0. The Morgan fingerprint density at radius 3 is 2.67 bits per heavy atom. The monoisotopic (exact) mass is 285 g/mol. The SMILES string of the molecule is CCn1cc(C(C)NC(=O)c2cc(C)ccc2C)c(C)n1. The molecular formula is C17H23N3O. The van der Waals surface area contributed by atoms with Gasteiger partial charge in [-0.25, -0.2) is 0 Å². The van der Waals surface area contributed by atoms with Gasteiger partial charge in [-0.3, -0.25) is 9.48 Å². The van der Waals surface area contributed by atoms with Crippen molar-refractivity contribution in [3.8, 4) is 0 Å². The molecule has 0 saturated carbocycles. The molecule has 0 aliphatic carbocycles. The summed E-state index contributed by atoms with van der Waals surface area (Å²) < 4.78 is 1.89. The zero-order valence-electron chi connectivity index (χ0n) is 13.4. The number of benzene rings is 1. The fraction of sp³-hybridized carbons (Fsp3) is 0.412. The number of aromatic nitrogens is 2. The molecular weight excluding hydrogens is 262 g/mol. The van der Waals surface area contributed by atoms with Gasteiger partial charge in [-0.05, 0) is 46.2 Å². The standard InChI is InChI=1S/C17H23N3O/c1-6-20-10-16(14(5)19-20)13(4)18-17(21)15-9-11(2)7-8-12(15)3/h7-10,13H,6H2,1-5H3,(H,18,21). The lowest BCUT2D eigenvalue weighted by Gasteiger charge is -2.14. The Balaban J connectivity index is 2.18. The fourth-order valence-corrected chi connectivity index (χ4v) is 2.45. The van der Waals surface area contributed by atoms with E-state index >= 15 is 0 Å². The zero-order chi connectivity index (χ0) is 15.6. The highest BCUT2D eigenvalue weighted by Gasteiger charge is 2.17. The topological polar surface area (TPSA) is 46.9 Å². The van der Waals surface area contributed by atoms with Crippen LogP contribution in [0.4, 0.5) is 0 Å². The predicted octanol–water partition coefficient (Wildman–Crippen LogP) is 3.32. The molecule has 0 spiro atoms. The van der Waals surface area contributed by atoms with Crippen molar-refractivity contribution in [1.29, 1.82) is 0 Å². The lowest BCUT2D eigenvalue weighted by atomic mass is 10.0. The van der Waals surface area contributed by atoms with E-state index in [9.17, 15) is 4.79 Å². The Morgan fingerprint density at radius 2 is 2.05 bits per heavy atom. The third-order valence-corrected chi connectivity index (χ3v) is 3.76. The molecule has 4 heteroatoms. The molecule has 112 valence electrons. The molecule has 2 aromatic rings. The van der Waals surface area contributed by atoms with Crippen molar-refractivity contribution in [3.05, 3.63) is 52.3 Å². The van der Waals surface area contributed by atoms with Gasteiger partial charge in [-0.2, -0.15) is 5.10 Å². The van der Waals surface area contributed by atoms with Gasteiger partial charge in [0.05, 0.1) is 11.7 Å². The summed E-state index contributed by atoms with van der Waals surface area (Å²) in [5.41, 5.74) is 4.85. The minimum Gasteiger partial charge on any atom is -0.345 e. The minimum atomic E-state index is -0.0577. The lowest BCUT2D eigenvalue weighted by molar-refractivity contribution is 0.0939. The molecule has 1 unspecified atom stereocenters. The van der Waals surface area contributed by atoms with Crippen LogP contribution < -0.4 is 5.32 Å². The molecule has 1 aromatic carbocycles. The number of rotatable bonds is 4. The van der Waals surface area contributed by atoms with Crippen LogP contribution in [0.3, 0.4) is 0 Å². The van der Waals surface area contributed by atoms with Gasteiger partial charge in [0, 0.05) is 23.9 Å². The number of nitrogens with one attached hydrogen (secondary N) is 1. The number of carbonyl (C=O) groups is 1. The first-order valence-electron chi connectivity index (χ1n) is 7.34. The van der Waals surface area contributed by atoms with Crippen molar-refractivity contribution in [1.82, 2.24) is 15.1 Å². The number of aryl methyl sites for hydroxylation is 4. The van der Waals surface area contributed by atoms with Crippen LogP contribution in [0.1, 0.15) is 52.6 Å². The van der Waals surface area contributed by atoms with E-state index in [1.165, 1.54) is 0 Å². The van der Waals surface area contributed by atoms with Crippen molar-refractivity contribution < 1.29 is 4.79 Å². The Labute approximate surface area is 126 Å². The molecule has 2 rings (SSSR count). The van der Waals surface area contributed by atoms with Crippen molar-refractivity contribution >= 4 is 5.91 Å². The maximum Gasteiger partial charge on any atom is 0.252 e. The van der Waals surface area contributed by atoms with Gasteiger partial charge < -0.3 is 5.32 Å². The summed E-state index contributed by atoms with van der Waals surface area (Å²) in [6.45, 7) is 10.8. The van der Waals surface area contributed by atoms with Crippen molar-refractivity contribution in [3.63, 3.8) is 0 Å². The van der Waals surface area contributed by atoms with E-state index < -0.39 is 0 Å². The number of nitrogens with zero attached hydrogens (tertiary/aromatic N) is 2. The van der Waals surface area contributed by atoms with Crippen LogP contribution in [0.15, 0.2) is 24.4 Å². The number of hydrogen-bond acceptors (Lipinski definition) is 2. The van der Waals surface area contributed by atoms with E-state index in [2.05, 4.69) is 17.3 Å². The average Bonchev–Trinajstić information content (AvgIpc) is 2.82. The van der Waals surface area contributed by atoms with E-state index in [-0.39, 0.29) is 11.9 Å². The summed E-state index contributed by atoms with van der Waals surface area (Å²) in [7, 11) is 0. The van der Waals surface area contributed by atoms with Crippen molar-refractivity contribution in [2.45, 2.75) is 47.2 Å². The molecule has 4 nitrogen and oxygen atoms in total. The molecule has 0 aliphatic rings. The van der Waals surface area contributed by atoms with Gasteiger partial charge in [0.25, 0.3) is 5.91 Å². The molecule has 0 fully saturated rings. The van der Waals surface area contributed by atoms with Gasteiger partial charge in [0.1, 0.15) is 0 Å². The second kappa shape index (κ2) is 6.12. The maximum atomic E-state index is 12.5. The molecule has 21 heavy (non-hydrogen) atoms. The highest BCUT2D eigenvalue weighted by Crippen LogP contribution is 2.18. The van der Waals surface area contributed by atoms with Crippen LogP contribution in [-0.2, 0) is 6.54 Å². The number of amides is 1. The third kappa shape index (κ3) is 3.32. The van der Waals surface area contributed by atoms with Crippen molar-refractivity contribution in [2.24, 2.45) is 0 Å². The summed E-state index contributed by atoms with van der Waals surface area (Å²) in [5, 5.41) is 7.49. The van der Waals surface area contributed by atoms with E-state index in [1.807, 2.05) is 56.8 Å².